The van der Waals surface area contributed by atoms with E-state index in [2.05, 4.69) is 42.4 Å². The van der Waals surface area contributed by atoms with Crippen LogP contribution < -0.4 is 14.9 Å². The van der Waals surface area contributed by atoms with E-state index in [-0.39, 0.29) is 18.9 Å². The highest BCUT2D eigenvalue weighted by Gasteiger charge is 2.17. The van der Waals surface area contributed by atoms with Crippen molar-refractivity contribution in [2.45, 2.75) is 13.0 Å². The molecule has 0 aliphatic rings. The second kappa shape index (κ2) is 12.1. The molecule has 4 aromatic carbocycles. The van der Waals surface area contributed by atoms with Gasteiger partial charge in [0.25, 0.3) is 0 Å². The van der Waals surface area contributed by atoms with Crippen LogP contribution in [0.4, 0.5) is 0 Å². The van der Waals surface area contributed by atoms with E-state index in [1.165, 1.54) is 0 Å². The Morgan fingerprint density at radius 3 is 2.56 bits per heavy atom. The Morgan fingerprint density at radius 2 is 1.78 bits per heavy atom. The quantitative estimate of drug-likeness (QED) is 0.156. The van der Waals surface area contributed by atoms with E-state index >= 15 is 0 Å². The molecule has 1 amide bonds. The number of carbonyl (C=O) groups is 1. The molecule has 4 rings (SSSR count). The lowest BCUT2D eigenvalue weighted by Crippen LogP contribution is -2.20. The van der Waals surface area contributed by atoms with Gasteiger partial charge in [0.2, 0.25) is 5.91 Å². The van der Waals surface area contributed by atoms with Crippen molar-refractivity contribution in [2.24, 2.45) is 5.10 Å². The van der Waals surface area contributed by atoms with Crippen molar-refractivity contribution in [3.63, 3.8) is 0 Å². The summed E-state index contributed by atoms with van der Waals surface area (Å²) in [5, 5.41) is 7.22. The van der Waals surface area contributed by atoms with Gasteiger partial charge in [-0.05, 0) is 72.0 Å². The fourth-order valence-corrected chi connectivity index (χ4v) is 4.86. The van der Waals surface area contributed by atoms with Gasteiger partial charge in [-0.15, -0.1) is 0 Å². The molecule has 0 atom stereocenters. The van der Waals surface area contributed by atoms with E-state index in [9.17, 15) is 4.79 Å². The molecule has 1 N–H and O–H groups in total. The van der Waals surface area contributed by atoms with E-state index in [4.69, 9.17) is 32.7 Å². The molecule has 4 aromatic rings. The highest BCUT2D eigenvalue weighted by atomic mass is 79.9. The number of hydrogen-bond donors (Lipinski definition) is 1. The molecular weight excluding hydrogens is 631 g/mol. The Balaban J connectivity index is 1.46. The van der Waals surface area contributed by atoms with Crippen LogP contribution in [0.15, 0.2) is 80.8 Å². The summed E-state index contributed by atoms with van der Waals surface area (Å²) < 4.78 is 12.9. The SMILES string of the molecule is COc1cc(/C=N\NC(=O)Cc2cccc3ccccc23)c(Br)c(Br)c1OCc1ccc(Cl)c(Cl)c1. The van der Waals surface area contributed by atoms with Crippen molar-refractivity contribution in [3.05, 3.63) is 102 Å². The largest absolute Gasteiger partial charge is 0.493 e. The van der Waals surface area contributed by atoms with Crippen molar-refractivity contribution in [1.82, 2.24) is 5.43 Å². The van der Waals surface area contributed by atoms with E-state index in [0.717, 1.165) is 21.9 Å². The van der Waals surface area contributed by atoms with Crippen LogP contribution in [0.1, 0.15) is 16.7 Å². The van der Waals surface area contributed by atoms with Crippen molar-refractivity contribution in [1.29, 1.82) is 0 Å². The second-order valence-corrected chi connectivity index (χ2v) is 10.2. The first-order valence-electron chi connectivity index (χ1n) is 10.8. The number of nitrogens with zero attached hydrogens (tertiary/aromatic N) is 1. The Labute approximate surface area is 235 Å². The van der Waals surface area contributed by atoms with Gasteiger partial charge in [-0.3, -0.25) is 4.79 Å². The number of amides is 1. The summed E-state index contributed by atoms with van der Waals surface area (Å²) in [5.74, 6) is 0.785. The molecule has 0 saturated carbocycles. The van der Waals surface area contributed by atoms with Gasteiger partial charge >= 0.3 is 0 Å². The molecule has 0 radical (unpaired) electrons. The Bertz CT molecular complexity index is 1460. The molecule has 0 fully saturated rings. The maximum absolute atomic E-state index is 12.5. The molecule has 0 unspecified atom stereocenters. The number of rotatable bonds is 8. The summed E-state index contributed by atoms with van der Waals surface area (Å²) >= 11 is 19.2. The Morgan fingerprint density at radius 1 is 1.00 bits per heavy atom. The van der Waals surface area contributed by atoms with Crippen molar-refractivity contribution in [2.75, 3.05) is 7.11 Å². The molecule has 0 aromatic heterocycles. The third-order valence-corrected chi connectivity index (χ3v) is 8.25. The van der Waals surface area contributed by atoms with Gasteiger partial charge in [0.05, 0.1) is 34.3 Å². The summed E-state index contributed by atoms with van der Waals surface area (Å²) in [6.07, 6.45) is 1.76. The summed E-state index contributed by atoms with van der Waals surface area (Å²) in [4.78, 5) is 12.5. The number of fused-ring (bicyclic) bond motifs is 1. The van der Waals surface area contributed by atoms with Crippen LogP contribution >= 0.6 is 55.1 Å². The number of hydrogen-bond acceptors (Lipinski definition) is 4. The first-order chi connectivity index (χ1) is 17.4. The maximum atomic E-state index is 12.5. The van der Waals surface area contributed by atoms with Gasteiger partial charge in [0.15, 0.2) is 11.5 Å². The lowest BCUT2D eigenvalue weighted by molar-refractivity contribution is -0.120. The standard InChI is InChI=1S/C27H20Br2Cl2N2O3/c1-35-23-12-19(25(28)26(29)27(23)36-15-16-9-10-21(30)22(31)11-16)14-32-33-24(34)13-18-7-4-6-17-5-2-3-8-20(17)18/h2-12,14H,13,15H2,1H3,(H,33,34)/b32-14-. The average Bonchev–Trinajstić information content (AvgIpc) is 2.88. The first-order valence-corrected chi connectivity index (χ1v) is 13.1. The third-order valence-electron chi connectivity index (χ3n) is 5.37. The fraction of sp³-hybridized carbons (Fsp3) is 0.111. The van der Waals surface area contributed by atoms with Crippen LogP contribution in [-0.4, -0.2) is 19.2 Å². The molecular formula is C27H20Br2Cl2N2O3. The van der Waals surface area contributed by atoms with Gasteiger partial charge in [-0.25, -0.2) is 5.43 Å². The summed E-state index contributed by atoms with van der Waals surface area (Å²) in [6.45, 7) is 0.260. The molecule has 36 heavy (non-hydrogen) atoms. The normalized spacial score (nSPS) is 11.1. The smallest absolute Gasteiger partial charge is 0.244 e. The monoisotopic (exact) mass is 648 g/mol. The lowest BCUT2D eigenvalue weighted by atomic mass is 10.0. The van der Waals surface area contributed by atoms with Crippen molar-refractivity contribution >= 4 is 78.0 Å². The Hall–Kier alpha value is -2.58. The van der Waals surface area contributed by atoms with Gasteiger partial charge < -0.3 is 9.47 Å². The van der Waals surface area contributed by atoms with Crippen LogP contribution in [0.2, 0.25) is 10.0 Å². The average molecular weight is 651 g/mol. The molecule has 0 bridgehead atoms. The highest BCUT2D eigenvalue weighted by molar-refractivity contribution is 9.13. The molecule has 184 valence electrons. The van der Waals surface area contributed by atoms with Gasteiger partial charge in [0.1, 0.15) is 6.61 Å². The molecule has 5 nitrogen and oxygen atoms in total. The zero-order valence-electron chi connectivity index (χ0n) is 19.0. The molecule has 0 saturated heterocycles. The predicted molar refractivity (Wildman–Crippen MR) is 153 cm³/mol. The number of methoxy groups -OCH3 is 1. The third kappa shape index (κ3) is 6.21. The number of nitrogens with one attached hydrogen (secondary N) is 1. The van der Waals surface area contributed by atoms with Crippen LogP contribution in [0, 0.1) is 0 Å². The number of benzene rings is 4. The first kappa shape index (κ1) is 26.5. The van der Waals surface area contributed by atoms with Crippen molar-refractivity contribution < 1.29 is 14.3 Å². The van der Waals surface area contributed by atoms with Crippen LogP contribution in [0.3, 0.4) is 0 Å². The molecule has 0 heterocycles. The van der Waals surface area contributed by atoms with Crippen LogP contribution in [0.5, 0.6) is 11.5 Å². The lowest BCUT2D eigenvalue weighted by Gasteiger charge is -2.15. The minimum absolute atomic E-state index is 0.216. The summed E-state index contributed by atoms with van der Waals surface area (Å²) in [7, 11) is 1.55. The number of ether oxygens (including phenoxy) is 2. The molecule has 0 aliphatic heterocycles. The molecule has 0 aliphatic carbocycles. The Kier molecular flexibility index (Phi) is 8.90. The summed E-state index contributed by atoms with van der Waals surface area (Å²) in [5.41, 5.74) is 5.08. The zero-order valence-corrected chi connectivity index (χ0v) is 23.7. The van der Waals surface area contributed by atoms with Gasteiger partial charge in [0, 0.05) is 10.0 Å². The number of halogens is 4. The predicted octanol–water partition coefficient (Wildman–Crippen LogP) is 7.95. The summed E-state index contributed by atoms with van der Waals surface area (Å²) in [6, 6.07) is 21.0. The number of carbonyl (C=O) groups excluding carboxylic acids is 1. The van der Waals surface area contributed by atoms with Crippen LogP contribution in [0.25, 0.3) is 10.8 Å². The zero-order chi connectivity index (χ0) is 25.7. The minimum atomic E-state index is -0.216. The van der Waals surface area contributed by atoms with Gasteiger partial charge in [-0.2, -0.15) is 5.10 Å². The molecule has 9 heteroatoms. The van der Waals surface area contributed by atoms with E-state index in [1.54, 1.807) is 31.5 Å². The highest BCUT2D eigenvalue weighted by Crippen LogP contribution is 2.42. The molecule has 0 spiro atoms. The maximum Gasteiger partial charge on any atom is 0.244 e. The second-order valence-electron chi connectivity index (χ2n) is 7.77. The number of hydrazone groups is 1. The van der Waals surface area contributed by atoms with Gasteiger partial charge in [-0.1, -0.05) is 71.7 Å². The minimum Gasteiger partial charge on any atom is -0.493 e. The van der Waals surface area contributed by atoms with Crippen LogP contribution in [-0.2, 0) is 17.8 Å². The van der Waals surface area contributed by atoms with E-state index < -0.39 is 0 Å². The fourth-order valence-electron chi connectivity index (χ4n) is 3.60. The van der Waals surface area contributed by atoms with Crippen molar-refractivity contribution in [3.8, 4) is 11.5 Å². The van der Waals surface area contributed by atoms with E-state index in [0.29, 0.717) is 36.1 Å². The van der Waals surface area contributed by atoms with E-state index in [1.807, 2.05) is 48.5 Å². The topological polar surface area (TPSA) is 59.9 Å².